The SMILES string of the molecule is CCOC(=O)C(CC(=O)O)Cc1ccc(Cl)c(Cl)c1. The van der Waals surface area contributed by atoms with Gasteiger partial charge in [0.05, 0.1) is 29.0 Å². The van der Waals surface area contributed by atoms with E-state index in [4.69, 9.17) is 33.0 Å². The van der Waals surface area contributed by atoms with Crippen LogP contribution in [0.3, 0.4) is 0 Å². The Morgan fingerprint density at radius 2 is 2.00 bits per heavy atom. The van der Waals surface area contributed by atoms with E-state index >= 15 is 0 Å². The van der Waals surface area contributed by atoms with Crippen LogP contribution in [0.2, 0.25) is 10.0 Å². The number of carboxylic acid groups (broad SMARTS) is 1. The van der Waals surface area contributed by atoms with Crippen molar-refractivity contribution in [3.05, 3.63) is 33.8 Å². The molecular formula is C13H14Cl2O4. The maximum absolute atomic E-state index is 11.7. The van der Waals surface area contributed by atoms with Gasteiger partial charge in [-0.2, -0.15) is 0 Å². The molecule has 0 saturated carbocycles. The van der Waals surface area contributed by atoms with E-state index in [1.165, 1.54) is 0 Å². The van der Waals surface area contributed by atoms with Crippen molar-refractivity contribution in [2.24, 2.45) is 5.92 Å². The first-order valence-electron chi connectivity index (χ1n) is 5.76. The molecule has 0 aliphatic heterocycles. The average molecular weight is 305 g/mol. The second kappa shape index (κ2) is 7.36. The molecule has 1 atom stereocenters. The number of carbonyl (C=O) groups excluding carboxylic acids is 1. The van der Waals surface area contributed by atoms with E-state index in [0.29, 0.717) is 10.0 Å². The molecular weight excluding hydrogens is 291 g/mol. The minimum Gasteiger partial charge on any atom is -0.481 e. The fraction of sp³-hybridized carbons (Fsp3) is 0.385. The van der Waals surface area contributed by atoms with Gasteiger partial charge in [-0.15, -0.1) is 0 Å². The third-order valence-corrected chi connectivity index (χ3v) is 3.25. The normalized spacial score (nSPS) is 11.9. The first-order valence-corrected chi connectivity index (χ1v) is 6.52. The molecule has 1 N–H and O–H groups in total. The average Bonchev–Trinajstić information content (AvgIpc) is 2.33. The van der Waals surface area contributed by atoms with Crippen molar-refractivity contribution < 1.29 is 19.4 Å². The highest BCUT2D eigenvalue weighted by Gasteiger charge is 2.23. The van der Waals surface area contributed by atoms with Crippen molar-refractivity contribution in [1.82, 2.24) is 0 Å². The molecule has 0 saturated heterocycles. The van der Waals surface area contributed by atoms with E-state index in [2.05, 4.69) is 0 Å². The number of halogens is 2. The van der Waals surface area contributed by atoms with Gasteiger partial charge in [-0.3, -0.25) is 9.59 Å². The Labute approximate surface area is 121 Å². The van der Waals surface area contributed by atoms with Gasteiger partial charge in [0, 0.05) is 0 Å². The summed E-state index contributed by atoms with van der Waals surface area (Å²) in [6, 6.07) is 4.95. The molecule has 6 heteroatoms. The second-order valence-electron chi connectivity index (χ2n) is 4.00. The van der Waals surface area contributed by atoms with Gasteiger partial charge in [0.2, 0.25) is 0 Å². The Bertz CT molecular complexity index is 474. The smallest absolute Gasteiger partial charge is 0.309 e. The van der Waals surface area contributed by atoms with Gasteiger partial charge in [-0.05, 0) is 31.0 Å². The van der Waals surface area contributed by atoms with Gasteiger partial charge in [0.15, 0.2) is 0 Å². The topological polar surface area (TPSA) is 63.6 Å². The molecule has 104 valence electrons. The lowest BCUT2D eigenvalue weighted by Crippen LogP contribution is -2.23. The van der Waals surface area contributed by atoms with Gasteiger partial charge in [0.1, 0.15) is 0 Å². The van der Waals surface area contributed by atoms with Gasteiger partial charge in [-0.1, -0.05) is 29.3 Å². The summed E-state index contributed by atoms with van der Waals surface area (Å²) in [5.41, 5.74) is 0.744. The number of ether oxygens (including phenoxy) is 1. The molecule has 0 bridgehead atoms. The first-order chi connectivity index (χ1) is 8.93. The number of esters is 1. The zero-order chi connectivity index (χ0) is 14.4. The lowest BCUT2D eigenvalue weighted by atomic mass is 9.96. The summed E-state index contributed by atoms with van der Waals surface area (Å²) in [6.45, 7) is 1.89. The fourth-order valence-electron chi connectivity index (χ4n) is 1.66. The van der Waals surface area contributed by atoms with E-state index < -0.39 is 17.9 Å². The third-order valence-electron chi connectivity index (χ3n) is 2.51. The van der Waals surface area contributed by atoms with Crippen LogP contribution in [0.25, 0.3) is 0 Å². The Morgan fingerprint density at radius 1 is 1.32 bits per heavy atom. The predicted molar refractivity (Wildman–Crippen MR) is 72.5 cm³/mol. The zero-order valence-corrected chi connectivity index (χ0v) is 11.9. The van der Waals surface area contributed by atoms with Crippen LogP contribution in [-0.4, -0.2) is 23.7 Å². The van der Waals surface area contributed by atoms with Crippen molar-refractivity contribution >= 4 is 35.1 Å². The molecule has 1 aromatic rings. The minimum atomic E-state index is -1.04. The van der Waals surface area contributed by atoms with E-state index in [-0.39, 0.29) is 19.4 Å². The Morgan fingerprint density at radius 3 is 2.53 bits per heavy atom. The van der Waals surface area contributed by atoms with Crippen LogP contribution in [0.1, 0.15) is 18.9 Å². The van der Waals surface area contributed by atoms with E-state index in [0.717, 1.165) is 5.56 Å². The highest BCUT2D eigenvalue weighted by molar-refractivity contribution is 6.42. The Balaban J connectivity index is 2.83. The molecule has 0 heterocycles. The summed E-state index contributed by atoms with van der Waals surface area (Å²) < 4.78 is 4.87. The second-order valence-corrected chi connectivity index (χ2v) is 4.81. The summed E-state index contributed by atoms with van der Waals surface area (Å²) in [7, 11) is 0. The third kappa shape index (κ3) is 5.09. The van der Waals surface area contributed by atoms with Gasteiger partial charge < -0.3 is 9.84 Å². The molecule has 1 rings (SSSR count). The maximum Gasteiger partial charge on any atom is 0.309 e. The van der Waals surface area contributed by atoms with E-state index in [9.17, 15) is 9.59 Å². The number of carbonyl (C=O) groups is 2. The van der Waals surface area contributed by atoms with Crippen molar-refractivity contribution in [1.29, 1.82) is 0 Å². The number of hydrogen-bond acceptors (Lipinski definition) is 3. The van der Waals surface area contributed by atoms with E-state index in [1.807, 2.05) is 0 Å². The molecule has 0 aliphatic carbocycles. The van der Waals surface area contributed by atoms with Crippen LogP contribution in [0.15, 0.2) is 18.2 Å². The standard InChI is InChI=1S/C13H14Cl2O4/c1-2-19-13(18)9(7-12(16)17)5-8-3-4-10(14)11(15)6-8/h3-4,6,9H,2,5,7H2,1H3,(H,16,17). The summed E-state index contributed by atoms with van der Waals surface area (Å²) in [4.78, 5) is 22.5. The highest BCUT2D eigenvalue weighted by atomic mass is 35.5. The number of rotatable bonds is 6. The minimum absolute atomic E-state index is 0.219. The number of benzene rings is 1. The quantitative estimate of drug-likeness (QED) is 0.820. The Hall–Kier alpha value is -1.26. The summed E-state index contributed by atoms with van der Waals surface area (Å²) in [5, 5.41) is 9.61. The van der Waals surface area contributed by atoms with Gasteiger partial charge in [-0.25, -0.2) is 0 Å². The molecule has 19 heavy (non-hydrogen) atoms. The van der Waals surface area contributed by atoms with E-state index in [1.54, 1.807) is 25.1 Å². The predicted octanol–water partition coefficient (Wildman–Crippen LogP) is 3.19. The maximum atomic E-state index is 11.7. The number of aliphatic carboxylic acids is 1. The van der Waals surface area contributed by atoms with Crippen molar-refractivity contribution in [2.75, 3.05) is 6.61 Å². The van der Waals surface area contributed by atoms with Crippen LogP contribution in [0.5, 0.6) is 0 Å². The van der Waals surface area contributed by atoms with Crippen molar-refractivity contribution in [2.45, 2.75) is 19.8 Å². The summed E-state index contributed by atoms with van der Waals surface area (Å²) in [5.74, 6) is -2.29. The van der Waals surface area contributed by atoms with Crippen molar-refractivity contribution in [3.63, 3.8) is 0 Å². The van der Waals surface area contributed by atoms with Crippen LogP contribution in [0.4, 0.5) is 0 Å². The van der Waals surface area contributed by atoms with Crippen LogP contribution >= 0.6 is 23.2 Å². The van der Waals surface area contributed by atoms with Gasteiger partial charge in [0.25, 0.3) is 0 Å². The number of hydrogen-bond donors (Lipinski definition) is 1. The first kappa shape index (κ1) is 15.8. The molecule has 4 nitrogen and oxygen atoms in total. The molecule has 0 fully saturated rings. The molecule has 0 aromatic heterocycles. The largest absolute Gasteiger partial charge is 0.481 e. The summed E-state index contributed by atoms with van der Waals surface area (Å²) >= 11 is 11.7. The Kier molecular flexibility index (Phi) is 6.12. The van der Waals surface area contributed by atoms with Gasteiger partial charge >= 0.3 is 11.9 Å². The lowest BCUT2D eigenvalue weighted by Gasteiger charge is -2.14. The lowest BCUT2D eigenvalue weighted by molar-refractivity contribution is -0.152. The fourth-order valence-corrected chi connectivity index (χ4v) is 1.98. The molecule has 0 spiro atoms. The molecule has 1 aromatic carbocycles. The molecule has 0 amide bonds. The monoisotopic (exact) mass is 304 g/mol. The van der Waals surface area contributed by atoms with Crippen molar-refractivity contribution in [3.8, 4) is 0 Å². The molecule has 0 aliphatic rings. The summed E-state index contributed by atoms with van der Waals surface area (Å²) in [6.07, 6.45) is -0.0267. The van der Waals surface area contributed by atoms with Crippen LogP contribution < -0.4 is 0 Å². The zero-order valence-electron chi connectivity index (χ0n) is 10.4. The van der Waals surface area contributed by atoms with Crippen LogP contribution in [0, 0.1) is 5.92 Å². The number of carboxylic acids is 1. The molecule has 0 radical (unpaired) electrons. The van der Waals surface area contributed by atoms with Crippen LogP contribution in [-0.2, 0) is 20.7 Å². The highest BCUT2D eigenvalue weighted by Crippen LogP contribution is 2.24. The molecule has 1 unspecified atom stereocenters.